The van der Waals surface area contributed by atoms with Gasteiger partial charge in [-0.3, -0.25) is 4.79 Å². The minimum absolute atomic E-state index is 0.0359. The van der Waals surface area contributed by atoms with E-state index in [2.05, 4.69) is 25.6 Å². The Balaban J connectivity index is 1.55. The lowest BCUT2D eigenvalue weighted by Gasteiger charge is -2.24. The maximum Gasteiger partial charge on any atom is 0.298 e. The number of hydrogen-bond acceptors (Lipinski definition) is 7. The zero-order valence-electron chi connectivity index (χ0n) is 15.2. The summed E-state index contributed by atoms with van der Waals surface area (Å²) in [4.78, 5) is 26.7. The first-order valence-corrected chi connectivity index (χ1v) is 8.74. The van der Waals surface area contributed by atoms with Gasteiger partial charge in [-0.15, -0.1) is 0 Å². The van der Waals surface area contributed by atoms with E-state index < -0.39 is 0 Å². The van der Waals surface area contributed by atoms with Gasteiger partial charge in [0, 0.05) is 18.8 Å². The van der Waals surface area contributed by atoms with Gasteiger partial charge in [0.2, 0.25) is 5.91 Å². The number of aromatic nitrogens is 3. The second-order valence-electron chi connectivity index (χ2n) is 6.48. The summed E-state index contributed by atoms with van der Waals surface area (Å²) in [5.74, 6) is 1.93. The number of hydrogen-bond donors (Lipinski definition) is 2. The first-order chi connectivity index (χ1) is 13.1. The molecule has 0 atom stereocenters. The van der Waals surface area contributed by atoms with Crippen molar-refractivity contribution in [2.45, 2.75) is 13.8 Å². The maximum atomic E-state index is 11.5. The molecule has 1 aliphatic rings. The molecule has 8 nitrogen and oxygen atoms in total. The fourth-order valence-electron chi connectivity index (χ4n) is 3.01. The molecule has 4 rings (SSSR count). The van der Waals surface area contributed by atoms with Crippen LogP contribution in [0.15, 0.2) is 40.9 Å². The van der Waals surface area contributed by atoms with Crippen LogP contribution < -0.4 is 15.5 Å². The van der Waals surface area contributed by atoms with E-state index in [4.69, 9.17) is 4.42 Å². The lowest BCUT2D eigenvalue weighted by Crippen LogP contribution is -2.47. The number of amides is 1. The molecule has 4 heterocycles. The van der Waals surface area contributed by atoms with Crippen LogP contribution in [0.1, 0.15) is 11.3 Å². The van der Waals surface area contributed by atoms with Crippen molar-refractivity contribution in [3.8, 4) is 11.5 Å². The van der Waals surface area contributed by atoms with Gasteiger partial charge in [-0.2, -0.15) is 0 Å². The third-order valence-electron chi connectivity index (χ3n) is 4.16. The van der Waals surface area contributed by atoms with Gasteiger partial charge in [-0.1, -0.05) is 6.07 Å². The van der Waals surface area contributed by atoms with Crippen molar-refractivity contribution in [2.24, 2.45) is 0 Å². The number of nitrogens with zero attached hydrogens (tertiary/aromatic N) is 4. The normalized spacial score (nSPS) is 14.1. The van der Waals surface area contributed by atoms with Gasteiger partial charge in [-0.05, 0) is 43.7 Å². The summed E-state index contributed by atoms with van der Waals surface area (Å²) < 4.78 is 5.83. The van der Waals surface area contributed by atoms with Crippen molar-refractivity contribution < 1.29 is 9.21 Å². The molecule has 138 valence electrons. The molecule has 0 aliphatic carbocycles. The van der Waals surface area contributed by atoms with E-state index in [-0.39, 0.29) is 12.5 Å². The molecule has 2 N–H and O–H groups in total. The third-order valence-corrected chi connectivity index (χ3v) is 4.16. The Kier molecular flexibility index (Phi) is 4.45. The summed E-state index contributed by atoms with van der Waals surface area (Å²) in [5.41, 5.74) is 2.73. The molecule has 8 heteroatoms. The second kappa shape index (κ2) is 7.06. The zero-order valence-corrected chi connectivity index (χ0v) is 15.2. The molecule has 3 aromatic heterocycles. The van der Waals surface area contributed by atoms with Crippen molar-refractivity contribution in [2.75, 3.05) is 29.9 Å². The summed E-state index contributed by atoms with van der Waals surface area (Å²) in [7, 11) is 0. The quantitative estimate of drug-likeness (QED) is 0.734. The molecule has 1 aliphatic heterocycles. The molecular weight excluding hydrogens is 344 g/mol. The number of aryl methyl sites for hydroxylation is 2. The highest BCUT2D eigenvalue weighted by Gasteiger charge is 2.21. The molecule has 0 unspecified atom stereocenters. The van der Waals surface area contributed by atoms with Gasteiger partial charge < -0.3 is 20.0 Å². The van der Waals surface area contributed by atoms with E-state index in [0.29, 0.717) is 36.4 Å². The van der Waals surface area contributed by atoms with Crippen LogP contribution in [0.25, 0.3) is 11.5 Å². The fourth-order valence-corrected chi connectivity index (χ4v) is 3.01. The number of nitrogens with one attached hydrogen (secondary N) is 2. The van der Waals surface area contributed by atoms with E-state index in [1.165, 1.54) is 0 Å². The topological polar surface area (TPSA) is 96.2 Å². The summed E-state index contributed by atoms with van der Waals surface area (Å²) in [6, 6.07) is 10.0. The average Bonchev–Trinajstić information content (AvgIpc) is 3.11. The highest BCUT2D eigenvalue weighted by Crippen LogP contribution is 2.25. The van der Waals surface area contributed by atoms with Crippen molar-refractivity contribution >= 4 is 23.6 Å². The van der Waals surface area contributed by atoms with Crippen molar-refractivity contribution in [3.63, 3.8) is 0 Å². The Bertz CT molecular complexity index is 964. The lowest BCUT2D eigenvalue weighted by molar-refractivity contribution is -0.120. The SMILES string of the molecule is Cc1cc(C)nc(Nc2cccc(-c3cnc(N4CCNC(=O)C4)o3)n2)c1. The van der Waals surface area contributed by atoms with Gasteiger partial charge in [0.05, 0.1) is 6.20 Å². The number of piperazine rings is 1. The fraction of sp³-hybridized carbons (Fsp3) is 0.263. The Morgan fingerprint density at radius 3 is 2.89 bits per heavy atom. The van der Waals surface area contributed by atoms with Crippen LogP contribution in [0.2, 0.25) is 0 Å². The highest BCUT2D eigenvalue weighted by molar-refractivity contribution is 5.81. The summed E-state index contributed by atoms with van der Waals surface area (Å²) in [6.07, 6.45) is 1.63. The van der Waals surface area contributed by atoms with E-state index in [1.54, 1.807) is 6.20 Å². The molecule has 1 amide bonds. The van der Waals surface area contributed by atoms with E-state index in [9.17, 15) is 4.79 Å². The predicted octanol–water partition coefficient (Wildman–Crippen LogP) is 2.43. The van der Waals surface area contributed by atoms with Crippen molar-refractivity contribution in [1.82, 2.24) is 20.3 Å². The number of oxazole rings is 1. The average molecular weight is 364 g/mol. The zero-order chi connectivity index (χ0) is 18.8. The Hall–Kier alpha value is -3.42. The smallest absolute Gasteiger partial charge is 0.298 e. The summed E-state index contributed by atoms with van der Waals surface area (Å²) in [5, 5.41) is 6.01. The molecule has 0 saturated carbocycles. The predicted molar refractivity (Wildman–Crippen MR) is 102 cm³/mol. The van der Waals surface area contributed by atoms with Gasteiger partial charge in [-0.25, -0.2) is 15.0 Å². The first-order valence-electron chi connectivity index (χ1n) is 8.74. The number of pyridine rings is 2. The maximum absolute atomic E-state index is 11.5. The van der Waals surface area contributed by atoms with Crippen LogP contribution in [-0.4, -0.2) is 40.5 Å². The minimum Gasteiger partial charge on any atom is -0.422 e. The Morgan fingerprint density at radius 1 is 1.19 bits per heavy atom. The number of carbonyl (C=O) groups excluding carboxylic acids is 1. The monoisotopic (exact) mass is 364 g/mol. The largest absolute Gasteiger partial charge is 0.422 e. The molecule has 0 spiro atoms. The Morgan fingerprint density at radius 2 is 2.07 bits per heavy atom. The van der Waals surface area contributed by atoms with Crippen LogP contribution in [0.4, 0.5) is 17.7 Å². The van der Waals surface area contributed by atoms with Crippen molar-refractivity contribution in [3.05, 3.63) is 47.8 Å². The van der Waals surface area contributed by atoms with E-state index in [0.717, 1.165) is 17.1 Å². The van der Waals surface area contributed by atoms with E-state index >= 15 is 0 Å². The first kappa shape index (κ1) is 17.0. The number of anilines is 3. The number of rotatable bonds is 4. The Labute approximate surface area is 156 Å². The molecule has 1 saturated heterocycles. The van der Waals surface area contributed by atoms with Crippen LogP contribution in [0.3, 0.4) is 0 Å². The van der Waals surface area contributed by atoms with Gasteiger partial charge in [0.25, 0.3) is 6.01 Å². The van der Waals surface area contributed by atoms with E-state index in [1.807, 2.05) is 49.1 Å². The summed E-state index contributed by atoms with van der Waals surface area (Å²) in [6.45, 7) is 5.48. The van der Waals surface area contributed by atoms with Gasteiger partial charge >= 0.3 is 0 Å². The standard InChI is InChI=1S/C19H20N6O2/c1-12-8-13(2)22-17(9-12)24-16-5-3-4-14(23-16)15-10-21-19(27-15)25-7-6-20-18(26)11-25/h3-5,8-10H,6-7,11H2,1-2H3,(H,20,26)(H,22,23,24). The molecule has 0 bridgehead atoms. The second-order valence-corrected chi connectivity index (χ2v) is 6.48. The highest BCUT2D eigenvalue weighted by atomic mass is 16.4. The molecule has 3 aromatic rings. The minimum atomic E-state index is -0.0359. The molecular formula is C19H20N6O2. The van der Waals surface area contributed by atoms with Crippen LogP contribution >= 0.6 is 0 Å². The van der Waals surface area contributed by atoms with Gasteiger partial charge in [0.15, 0.2) is 5.76 Å². The summed E-state index contributed by atoms with van der Waals surface area (Å²) >= 11 is 0. The van der Waals surface area contributed by atoms with Gasteiger partial charge in [0.1, 0.15) is 23.9 Å². The molecule has 0 aromatic carbocycles. The number of carbonyl (C=O) groups is 1. The third kappa shape index (κ3) is 3.89. The molecule has 1 fully saturated rings. The van der Waals surface area contributed by atoms with Crippen LogP contribution in [0, 0.1) is 13.8 Å². The van der Waals surface area contributed by atoms with Crippen LogP contribution in [0.5, 0.6) is 0 Å². The van der Waals surface area contributed by atoms with Crippen LogP contribution in [-0.2, 0) is 4.79 Å². The molecule has 0 radical (unpaired) electrons. The molecule has 27 heavy (non-hydrogen) atoms. The lowest BCUT2D eigenvalue weighted by atomic mass is 10.2. The van der Waals surface area contributed by atoms with Crippen molar-refractivity contribution in [1.29, 1.82) is 0 Å².